The first-order valence-corrected chi connectivity index (χ1v) is 7.87. The standard InChI is InChI=1S/C15H30N2O/c1-3-17-9-10-18-15(12-17)11-16-13(2)14-7-5-4-6-8-14/h13-16H,3-12H2,1-2H3/t13-,15?/m0/s1. The van der Waals surface area contributed by atoms with Crippen LogP contribution in [0.5, 0.6) is 0 Å². The summed E-state index contributed by atoms with van der Waals surface area (Å²) in [7, 11) is 0. The minimum Gasteiger partial charge on any atom is -0.374 e. The Morgan fingerprint density at radius 3 is 2.78 bits per heavy atom. The number of nitrogens with zero attached hydrogens (tertiary/aromatic N) is 1. The maximum absolute atomic E-state index is 5.84. The van der Waals surface area contributed by atoms with Crippen molar-refractivity contribution in [2.24, 2.45) is 5.92 Å². The Kier molecular flexibility index (Phi) is 5.93. The van der Waals surface area contributed by atoms with Gasteiger partial charge in [0.2, 0.25) is 0 Å². The van der Waals surface area contributed by atoms with Crippen molar-refractivity contribution in [3.05, 3.63) is 0 Å². The molecule has 1 saturated carbocycles. The molecule has 0 spiro atoms. The van der Waals surface area contributed by atoms with Crippen molar-refractivity contribution in [3.8, 4) is 0 Å². The van der Waals surface area contributed by atoms with Gasteiger partial charge in [-0.3, -0.25) is 4.90 Å². The van der Waals surface area contributed by atoms with Crippen molar-refractivity contribution in [1.82, 2.24) is 10.2 Å². The third kappa shape index (κ3) is 4.22. The van der Waals surface area contributed by atoms with Crippen molar-refractivity contribution in [2.75, 3.05) is 32.8 Å². The fourth-order valence-corrected chi connectivity index (χ4v) is 3.31. The molecule has 2 fully saturated rings. The second kappa shape index (κ2) is 7.46. The average Bonchev–Trinajstić information content (AvgIpc) is 2.46. The number of rotatable bonds is 5. The summed E-state index contributed by atoms with van der Waals surface area (Å²) in [5, 5.41) is 3.72. The zero-order valence-electron chi connectivity index (χ0n) is 12.2. The van der Waals surface area contributed by atoms with Gasteiger partial charge < -0.3 is 10.1 Å². The van der Waals surface area contributed by atoms with Gasteiger partial charge in [-0.05, 0) is 32.2 Å². The lowest BCUT2D eigenvalue weighted by molar-refractivity contribution is -0.0270. The molecule has 0 radical (unpaired) electrons. The molecule has 2 atom stereocenters. The summed E-state index contributed by atoms with van der Waals surface area (Å²) in [6.07, 6.45) is 7.53. The monoisotopic (exact) mass is 254 g/mol. The molecule has 0 aromatic heterocycles. The predicted octanol–water partition coefficient (Wildman–Crippen LogP) is 2.27. The Morgan fingerprint density at radius 1 is 1.28 bits per heavy atom. The molecule has 0 bridgehead atoms. The average molecular weight is 254 g/mol. The van der Waals surface area contributed by atoms with E-state index in [1.54, 1.807) is 0 Å². The normalized spacial score (nSPS) is 29.3. The van der Waals surface area contributed by atoms with Gasteiger partial charge in [-0.15, -0.1) is 0 Å². The fraction of sp³-hybridized carbons (Fsp3) is 1.00. The number of likely N-dealkylation sites (N-methyl/N-ethyl adjacent to an activating group) is 1. The van der Waals surface area contributed by atoms with Gasteiger partial charge in [0.15, 0.2) is 0 Å². The molecule has 3 nitrogen and oxygen atoms in total. The van der Waals surface area contributed by atoms with E-state index in [1.807, 2.05) is 0 Å². The molecule has 1 unspecified atom stereocenters. The van der Waals surface area contributed by atoms with Crippen LogP contribution >= 0.6 is 0 Å². The minimum absolute atomic E-state index is 0.393. The van der Waals surface area contributed by atoms with Crippen LogP contribution in [0, 0.1) is 5.92 Å². The van der Waals surface area contributed by atoms with Gasteiger partial charge in [0.05, 0.1) is 12.7 Å². The highest BCUT2D eigenvalue weighted by molar-refractivity contribution is 4.79. The van der Waals surface area contributed by atoms with Crippen molar-refractivity contribution < 1.29 is 4.74 Å². The third-order valence-electron chi connectivity index (χ3n) is 4.69. The van der Waals surface area contributed by atoms with Crippen molar-refractivity contribution >= 4 is 0 Å². The molecule has 0 aromatic rings. The minimum atomic E-state index is 0.393. The molecular formula is C15H30N2O. The number of nitrogens with one attached hydrogen (secondary N) is 1. The lowest BCUT2D eigenvalue weighted by Gasteiger charge is -2.34. The van der Waals surface area contributed by atoms with Crippen LogP contribution in [0.25, 0.3) is 0 Å². The summed E-state index contributed by atoms with van der Waals surface area (Å²) >= 11 is 0. The summed E-state index contributed by atoms with van der Waals surface area (Å²) in [4.78, 5) is 2.49. The zero-order valence-corrected chi connectivity index (χ0v) is 12.2. The van der Waals surface area contributed by atoms with Gasteiger partial charge in [0.1, 0.15) is 0 Å². The lowest BCUT2D eigenvalue weighted by Crippen LogP contribution is -2.48. The van der Waals surface area contributed by atoms with Crippen LogP contribution in [0.3, 0.4) is 0 Å². The predicted molar refractivity (Wildman–Crippen MR) is 75.9 cm³/mol. The first kappa shape index (κ1) is 14.3. The van der Waals surface area contributed by atoms with E-state index in [9.17, 15) is 0 Å². The quantitative estimate of drug-likeness (QED) is 0.814. The highest BCUT2D eigenvalue weighted by atomic mass is 16.5. The van der Waals surface area contributed by atoms with Gasteiger partial charge in [-0.2, -0.15) is 0 Å². The van der Waals surface area contributed by atoms with E-state index in [0.717, 1.165) is 38.7 Å². The topological polar surface area (TPSA) is 24.5 Å². The van der Waals surface area contributed by atoms with Gasteiger partial charge in [0, 0.05) is 25.7 Å². The molecule has 3 heteroatoms. The molecule has 1 saturated heterocycles. The van der Waals surface area contributed by atoms with E-state index in [1.165, 1.54) is 32.1 Å². The van der Waals surface area contributed by atoms with E-state index in [2.05, 4.69) is 24.1 Å². The first-order chi connectivity index (χ1) is 8.79. The Morgan fingerprint density at radius 2 is 2.06 bits per heavy atom. The largest absolute Gasteiger partial charge is 0.374 e. The SMILES string of the molecule is CCN1CCOC(CN[C@@H](C)C2CCCCC2)C1. The number of hydrogen-bond acceptors (Lipinski definition) is 3. The zero-order chi connectivity index (χ0) is 12.8. The van der Waals surface area contributed by atoms with Crippen LogP contribution in [0.15, 0.2) is 0 Å². The molecule has 2 aliphatic rings. The summed E-state index contributed by atoms with van der Waals surface area (Å²) < 4.78 is 5.84. The molecule has 1 aliphatic carbocycles. The van der Waals surface area contributed by atoms with E-state index >= 15 is 0 Å². The molecule has 0 aromatic carbocycles. The van der Waals surface area contributed by atoms with Crippen LogP contribution in [-0.4, -0.2) is 49.8 Å². The van der Waals surface area contributed by atoms with Crippen LogP contribution in [0.2, 0.25) is 0 Å². The third-order valence-corrected chi connectivity index (χ3v) is 4.69. The van der Waals surface area contributed by atoms with Crippen LogP contribution in [0.4, 0.5) is 0 Å². The lowest BCUT2D eigenvalue weighted by atomic mass is 9.84. The van der Waals surface area contributed by atoms with E-state index in [0.29, 0.717) is 12.1 Å². The molecule has 1 N–H and O–H groups in total. The molecule has 1 aliphatic heterocycles. The summed E-state index contributed by atoms with van der Waals surface area (Å²) in [6.45, 7) is 9.87. The van der Waals surface area contributed by atoms with E-state index in [4.69, 9.17) is 4.74 Å². The Bertz CT molecular complexity index is 227. The fourth-order valence-electron chi connectivity index (χ4n) is 3.31. The van der Waals surface area contributed by atoms with Gasteiger partial charge in [0.25, 0.3) is 0 Å². The van der Waals surface area contributed by atoms with Gasteiger partial charge in [-0.1, -0.05) is 26.2 Å². The molecule has 18 heavy (non-hydrogen) atoms. The Balaban J connectivity index is 1.66. The Hall–Kier alpha value is -0.120. The molecule has 106 valence electrons. The second-order valence-corrected chi connectivity index (χ2v) is 5.98. The van der Waals surface area contributed by atoms with Crippen LogP contribution in [-0.2, 0) is 4.74 Å². The van der Waals surface area contributed by atoms with Crippen LogP contribution in [0.1, 0.15) is 46.0 Å². The van der Waals surface area contributed by atoms with Crippen molar-refractivity contribution in [2.45, 2.75) is 58.1 Å². The second-order valence-electron chi connectivity index (χ2n) is 5.98. The highest BCUT2D eigenvalue weighted by Gasteiger charge is 2.23. The number of ether oxygens (including phenoxy) is 1. The molecule has 1 heterocycles. The number of hydrogen-bond donors (Lipinski definition) is 1. The maximum Gasteiger partial charge on any atom is 0.0826 e. The maximum atomic E-state index is 5.84. The van der Waals surface area contributed by atoms with Crippen LogP contribution < -0.4 is 5.32 Å². The summed E-state index contributed by atoms with van der Waals surface area (Å²) in [5.74, 6) is 0.893. The summed E-state index contributed by atoms with van der Waals surface area (Å²) in [6, 6.07) is 0.658. The van der Waals surface area contributed by atoms with Crippen molar-refractivity contribution in [1.29, 1.82) is 0 Å². The highest BCUT2D eigenvalue weighted by Crippen LogP contribution is 2.26. The van der Waals surface area contributed by atoms with E-state index in [-0.39, 0.29) is 0 Å². The van der Waals surface area contributed by atoms with Gasteiger partial charge in [-0.25, -0.2) is 0 Å². The van der Waals surface area contributed by atoms with Crippen molar-refractivity contribution in [3.63, 3.8) is 0 Å². The van der Waals surface area contributed by atoms with Gasteiger partial charge >= 0.3 is 0 Å². The smallest absolute Gasteiger partial charge is 0.0826 e. The molecular weight excluding hydrogens is 224 g/mol. The molecule has 2 rings (SSSR count). The Labute approximate surface area is 112 Å². The van der Waals surface area contributed by atoms with E-state index < -0.39 is 0 Å². The number of morpholine rings is 1. The first-order valence-electron chi connectivity index (χ1n) is 7.87. The summed E-state index contributed by atoms with van der Waals surface area (Å²) in [5.41, 5.74) is 0. The molecule has 0 amide bonds.